The van der Waals surface area contributed by atoms with Crippen LogP contribution in [0.25, 0.3) is 22.4 Å². The van der Waals surface area contributed by atoms with Crippen molar-refractivity contribution in [1.82, 2.24) is 0 Å². The maximum Gasteiger partial charge on any atom is 0.235 e. The van der Waals surface area contributed by atoms with E-state index in [1.165, 1.54) is 12.1 Å². The highest BCUT2D eigenvalue weighted by Gasteiger charge is 2.69. The maximum absolute atomic E-state index is 13.9. The number of phenols is 1. The lowest BCUT2D eigenvalue weighted by molar-refractivity contribution is -0.185. The average Bonchev–Trinajstić information content (AvgIpc) is 2.90. The predicted octanol–water partition coefficient (Wildman–Crippen LogP) is 1.45. The monoisotopic (exact) mass is 525 g/mol. The summed E-state index contributed by atoms with van der Waals surface area (Å²) in [6.45, 7) is 0. The van der Waals surface area contributed by atoms with Gasteiger partial charge in [-0.15, -0.1) is 0 Å². The molecule has 3 aliphatic carbocycles. The number of Topliss-reactive ketones (excluding diaryl/α,β-unsaturated/α-hetero) is 4. The molecule has 0 bridgehead atoms. The quantitative estimate of drug-likeness (QED) is 0.364. The number of aliphatic hydroxyl groups is 2. The molecule has 39 heavy (non-hydrogen) atoms. The maximum atomic E-state index is 13.9. The van der Waals surface area contributed by atoms with Crippen LogP contribution < -0.4 is 5.73 Å². The molecule has 9 heteroatoms. The Hall–Kier alpha value is -4.47. The first-order valence-corrected chi connectivity index (χ1v) is 12.4. The molecule has 9 nitrogen and oxygen atoms in total. The van der Waals surface area contributed by atoms with Crippen LogP contribution in [0.1, 0.15) is 27.9 Å². The molecule has 3 aromatic carbocycles. The van der Waals surface area contributed by atoms with Gasteiger partial charge in [0.2, 0.25) is 5.91 Å². The zero-order chi connectivity index (χ0) is 27.8. The number of carbonyl (C=O) groups excluding carboxylic acids is 5. The van der Waals surface area contributed by atoms with Gasteiger partial charge in [-0.2, -0.15) is 0 Å². The van der Waals surface area contributed by atoms with Gasteiger partial charge in [-0.25, -0.2) is 0 Å². The molecule has 2 saturated carbocycles. The van der Waals surface area contributed by atoms with Crippen LogP contribution in [0.2, 0.25) is 0 Å². The number of primary amides is 1. The third kappa shape index (κ3) is 3.36. The first-order chi connectivity index (χ1) is 18.6. The van der Waals surface area contributed by atoms with Gasteiger partial charge in [0.1, 0.15) is 5.75 Å². The fraction of sp³-hybridized carbons (Fsp3) is 0.233. The molecule has 0 aliphatic heterocycles. The van der Waals surface area contributed by atoms with Gasteiger partial charge in [0, 0.05) is 18.3 Å². The van der Waals surface area contributed by atoms with Gasteiger partial charge >= 0.3 is 0 Å². The molecule has 5 N–H and O–H groups in total. The second-order valence-electron chi connectivity index (χ2n) is 10.4. The second kappa shape index (κ2) is 8.52. The van der Waals surface area contributed by atoms with E-state index in [1.54, 1.807) is 12.1 Å². The Labute approximate surface area is 221 Å². The molecule has 6 atom stereocenters. The van der Waals surface area contributed by atoms with E-state index >= 15 is 0 Å². The summed E-state index contributed by atoms with van der Waals surface area (Å²) in [7, 11) is 0. The van der Waals surface area contributed by atoms with Gasteiger partial charge in [-0.05, 0) is 39.6 Å². The molecule has 0 saturated heterocycles. The number of carbonyl (C=O) groups is 5. The van der Waals surface area contributed by atoms with Crippen LogP contribution in [-0.4, -0.2) is 56.1 Å². The zero-order valence-electron chi connectivity index (χ0n) is 20.4. The molecule has 0 radical (unpaired) electrons. The van der Waals surface area contributed by atoms with E-state index in [0.717, 1.165) is 10.8 Å². The van der Waals surface area contributed by atoms with Crippen molar-refractivity contribution < 1.29 is 39.3 Å². The summed E-state index contributed by atoms with van der Waals surface area (Å²) < 4.78 is 0. The van der Waals surface area contributed by atoms with Crippen LogP contribution >= 0.6 is 0 Å². The highest BCUT2D eigenvalue weighted by Crippen LogP contribution is 2.54. The molecule has 0 heterocycles. The standard InChI is InChI=1S/C30H23NO8/c31-29(38)23-20(33)12-18-25(34)22-17(11-13-8-9-14-4-1-2-5-15(14)10-13)16-6-3-7-19(32)21(16)26(35)24(22)28(37)30(18,39)27(23)36/h1-11,18,22-25,32,34,39H,12H2,(H2,31,38)/b17-11+. The number of rotatable bonds is 2. The van der Waals surface area contributed by atoms with Gasteiger partial charge in [0.15, 0.2) is 34.7 Å². The first kappa shape index (κ1) is 24.8. The fourth-order valence-corrected chi connectivity index (χ4v) is 6.51. The Balaban J connectivity index is 1.57. The van der Waals surface area contributed by atoms with Gasteiger partial charge in [-0.1, -0.05) is 54.6 Å². The van der Waals surface area contributed by atoms with Crippen LogP contribution in [0.3, 0.4) is 0 Å². The van der Waals surface area contributed by atoms with Crippen molar-refractivity contribution in [1.29, 1.82) is 0 Å². The summed E-state index contributed by atoms with van der Waals surface area (Å²) in [5.74, 6) is -12.8. The molecule has 6 unspecified atom stereocenters. The highest BCUT2D eigenvalue weighted by molar-refractivity contribution is 6.32. The third-order valence-corrected chi connectivity index (χ3v) is 8.34. The minimum atomic E-state index is -2.97. The predicted molar refractivity (Wildman–Crippen MR) is 138 cm³/mol. The molecule has 0 aromatic heterocycles. The number of fused-ring (bicyclic) bond motifs is 4. The summed E-state index contributed by atoms with van der Waals surface area (Å²) in [4.78, 5) is 65.3. The normalized spacial score (nSPS) is 31.1. The number of aromatic hydroxyl groups is 1. The number of hydrogen-bond donors (Lipinski definition) is 4. The number of nitrogens with two attached hydrogens (primary N) is 1. The average molecular weight is 526 g/mol. The number of phenolic OH excluding ortho intramolecular Hbond substituents is 1. The number of hydrogen-bond acceptors (Lipinski definition) is 8. The van der Waals surface area contributed by atoms with Gasteiger partial charge in [0.25, 0.3) is 0 Å². The smallest absolute Gasteiger partial charge is 0.235 e. The van der Waals surface area contributed by atoms with E-state index in [-0.39, 0.29) is 11.1 Å². The van der Waals surface area contributed by atoms with Crippen LogP contribution in [0.4, 0.5) is 0 Å². The molecule has 0 spiro atoms. The lowest BCUT2D eigenvalue weighted by atomic mass is 9.51. The Bertz CT molecular complexity index is 1670. The largest absolute Gasteiger partial charge is 0.507 e. The van der Waals surface area contributed by atoms with E-state index in [4.69, 9.17) is 5.73 Å². The lowest BCUT2D eigenvalue weighted by Gasteiger charge is -2.51. The second-order valence-corrected chi connectivity index (χ2v) is 10.4. The molecule has 1 amide bonds. The Kier molecular flexibility index (Phi) is 5.43. The summed E-state index contributed by atoms with van der Waals surface area (Å²) in [5, 5.41) is 35.6. The Morgan fingerprint density at radius 3 is 2.38 bits per heavy atom. The molecule has 2 fully saturated rings. The summed E-state index contributed by atoms with van der Waals surface area (Å²) >= 11 is 0. The number of ketones is 4. The molecule has 3 aromatic rings. The van der Waals surface area contributed by atoms with E-state index < -0.39 is 76.6 Å². The van der Waals surface area contributed by atoms with E-state index in [1.807, 2.05) is 42.5 Å². The summed E-state index contributed by atoms with van der Waals surface area (Å²) in [6, 6.07) is 17.6. The van der Waals surface area contributed by atoms with Crippen molar-refractivity contribution in [3.05, 3.63) is 77.4 Å². The van der Waals surface area contributed by atoms with Gasteiger partial charge in [-0.3, -0.25) is 24.0 Å². The minimum Gasteiger partial charge on any atom is -0.507 e. The van der Waals surface area contributed by atoms with Crippen LogP contribution in [0.5, 0.6) is 5.75 Å². The van der Waals surface area contributed by atoms with Crippen molar-refractivity contribution in [2.24, 2.45) is 29.4 Å². The van der Waals surface area contributed by atoms with Crippen molar-refractivity contribution in [2.45, 2.75) is 18.1 Å². The summed E-state index contributed by atoms with van der Waals surface area (Å²) in [5.41, 5.74) is 3.37. The van der Waals surface area contributed by atoms with Crippen molar-refractivity contribution in [2.75, 3.05) is 0 Å². The lowest BCUT2D eigenvalue weighted by Crippen LogP contribution is -2.72. The third-order valence-electron chi connectivity index (χ3n) is 8.34. The topological polar surface area (TPSA) is 172 Å². The molecule has 6 rings (SSSR count). The van der Waals surface area contributed by atoms with Crippen LogP contribution in [0.15, 0.2) is 60.7 Å². The van der Waals surface area contributed by atoms with Gasteiger partial charge in [0.05, 0.1) is 17.6 Å². The zero-order valence-corrected chi connectivity index (χ0v) is 20.4. The SMILES string of the molecule is NC(=O)C1C(=O)CC2C(O)C3/C(=C/c4ccc5ccccc5c4)c4cccc(O)c4C(=O)C3C(=O)C2(O)C1=O. The van der Waals surface area contributed by atoms with E-state index in [9.17, 15) is 39.3 Å². The van der Waals surface area contributed by atoms with Crippen LogP contribution in [0, 0.1) is 23.7 Å². The van der Waals surface area contributed by atoms with Crippen molar-refractivity contribution in [3.63, 3.8) is 0 Å². The highest BCUT2D eigenvalue weighted by atomic mass is 16.3. The number of benzene rings is 3. The summed E-state index contributed by atoms with van der Waals surface area (Å²) in [6.07, 6.45) is -0.657. The molecular weight excluding hydrogens is 502 g/mol. The Morgan fingerprint density at radius 1 is 0.949 bits per heavy atom. The number of amides is 1. The molecule has 3 aliphatic rings. The van der Waals surface area contributed by atoms with E-state index in [0.29, 0.717) is 11.1 Å². The van der Waals surface area contributed by atoms with Crippen molar-refractivity contribution in [3.8, 4) is 5.75 Å². The van der Waals surface area contributed by atoms with E-state index in [2.05, 4.69) is 0 Å². The molecular formula is C30H23NO8. The fourth-order valence-electron chi connectivity index (χ4n) is 6.51. The van der Waals surface area contributed by atoms with Crippen LogP contribution in [-0.2, 0) is 19.2 Å². The minimum absolute atomic E-state index is 0.181. The Morgan fingerprint density at radius 2 is 1.67 bits per heavy atom. The number of aliphatic hydroxyl groups excluding tert-OH is 1. The first-order valence-electron chi connectivity index (χ1n) is 12.4. The van der Waals surface area contributed by atoms with Crippen molar-refractivity contribution >= 4 is 51.5 Å². The van der Waals surface area contributed by atoms with Gasteiger partial charge < -0.3 is 21.1 Å². The molecule has 196 valence electrons.